The van der Waals surface area contributed by atoms with Gasteiger partial charge in [-0.15, -0.1) is 0 Å². The van der Waals surface area contributed by atoms with Crippen LogP contribution in [0.5, 0.6) is 0 Å². The van der Waals surface area contributed by atoms with Gasteiger partial charge in [0.1, 0.15) is 18.1 Å². The third-order valence-corrected chi connectivity index (χ3v) is 4.88. The molecule has 0 bridgehead atoms. The molecule has 0 N–H and O–H groups in total. The van der Waals surface area contributed by atoms with Gasteiger partial charge in [-0.05, 0) is 43.4 Å². The van der Waals surface area contributed by atoms with E-state index < -0.39 is 5.69 Å². The van der Waals surface area contributed by atoms with Crippen molar-refractivity contribution in [3.05, 3.63) is 52.6 Å². The van der Waals surface area contributed by atoms with Crippen LogP contribution in [0.25, 0.3) is 0 Å². The highest BCUT2D eigenvalue weighted by molar-refractivity contribution is 5.76. The van der Waals surface area contributed by atoms with Crippen molar-refractivity contribution in [1.82, 2.24) is 14.5 Å². The van der Waals surface area contributed by atoms with Crippen molar-refractivity contribution in [2.75, 3.05) is 0 Å². The number of rotatable bonds is 6. The summed E-state index contributed by atoms with van der Waals surface area (Å²) in [6, 6.07) is 5.92. The molecule has 2 aliphatic carbocycles. The van der Waals surface area contributed by atoms with Gasteiger partial charge in [-0.3, -0.25) is 9.36 Å². The van der Waals surface area contributed by atoms with Gasteiger partial charge in [0.15, 0.2) is 0 Å². The van der Waals surface area contributed by atoms with Crippen LogP contribution >= 0.6 is 0 Å². The van der Waals surface area contributed by atoms with Crippen molar-refractivity contribution in [2.45, 2.75) is 51.2 Å². The molecule has 0 saturated heterocycles. The normalized spacial score (nSPS) is 22.4. The number of amides is 1. The van der Waals surface area contributed by atoms with E-state index in [0.29, 0.717) is 18.4 Å². The number of furan rings is 1. The third-order valence-electron chi connectivity index (χ3n) is 4.88. The second kappa shape index (κ2) is 5.92. The first-order chi connectivity index (χ1) is 11.6. The van der Waals surface area contributed by atoms with E-state index >= 15 is 0 Å². The Morgan fingerprint density at radius 2 is 2.21 bits per heavy atom. The lowest BCUT2D eigenvalue weighted by molar-refractivity contribution is -0.133. The molecule has 126 valence electrons. The van der Waals surface area contributed by atoms with E-state index in [9.17, 15) is 9.59 Å². The Balaban J connectivity index is 1.46. The maximum absolute atomic E-state index is 12.7. The molecule has 0 aliphatic heterocycles. The predicted molar refractivity (Wildman–Crippen MR) is 87.3 cm³/mol. The van der Waals surface area contributed by atoms with Crippen molar-refractivity contribution in [1.29, 1.82) is 0 Å². The number of hydrogen-bond donors (Lipinski definition) is 0. The summed E-state index contributed by atoms with van der Waals surface area (Å²) in [5, 5.41) is 0. The van der Waals surface area contributed by atoms with Crippen molar-refractivity contribution in [3.8, 4) is 0 Å². The Kier molecular flexibility index (Phi) is 3.75. The van der Waals surface area contributed by atoms with Crippen molar-refractivity contribution in [3.63, 3.8) is 0 Å². The Bertz CT molecular complexity index is 806. The molecule has 4 rings (SSSR count). The van der Waals surface area contributed by atoms with Crippen LogP contribution in [0.3, 0.4) is 0 Å². The van der Waals surface area contributed by atoms with Gasteiger partial charge in [0.05, 0.1) is 6.54 Å². The summed E-state index contributed by atoms with van der Waals surface area (Å²) in [6.07, 6.45) is 6.24. The Morgan fingerprint density at radius 3 is 2.88 bits per heavy atom. The average Bonchev–Trinajstić information content (AvgIpc) is 3.48. The van der Waals surface area contributed by atoms with Crippen LogP contribution in [0.2, 0.25) is 0 Å². The highest BCUT2D eigenvalue weighted by Gasteiger charge is 2.37. The van der Waals surface area contributed by atoms with Crippen LogP contribution in [-0.2, 0) is 17.9 Å². The predicted octanol–water partition coefficient (Wildman–Crippen LogP) is 2.15. The molecule has 2 atom stereocenters. The van der Waals surface area contributed by atoms with Gasteiger partial charge in [0.25, 0.3) is 0 Å². The van der Waals surface area contributed by atoms with Gasteiger partial charge in [-0.25, -0.2) is 9.78 Å². The monoisotopic (exact) mass is 327 g/mol. The fraction of sp³-hybridized carbons (Fsp3) is 0.500. The molecule has 2 fully saturated rings. The molecule has 2 heterocycles. The molecule has 2 aromatic heterocycles. The maximum atomic E-state index is 12.7. The summed E-state index contributed by atoms with van der Waals surface area (Å²) >= 11 is 0. The third kappa shape index (κ3) is 3.13. The fourth-order valence-electron chi connectivity index (χ4n) is 3.12. The first-order valence-corrected chi connectivity index (χ1v) is 8.51. The topological polar surface area (TPSA) is 68.3 Å². The van der Waals surface area contributed by atoms with E-state index in [-0.39, 0.29) is 18.5 Å². The van der Waals surface area contributed by atoms with Crippen LogP contribution in [0.1, 0.15) is 43.6 Å². The Morgan fingerprint density at radius 1 is 1.42 bits per heavy atom. The lowest BCUT2D eigenvalue weighted by Crippen LogP contribution is -2.37. The highest BCUT2D eigenvalue weighted by Crippen LogP contribution is 2.47. The van der Waals surface area contributed by atoms with Crippen molar-refractivity contribution < 1.29 is 9.21 Å². The molecule has 1 amide bonds. The number of carbonyl (C=O) groups is 1. The standard InChI is InChI=1S/C18H21N3O3/c1-12-9-15(12)16-6-5-14(24-16)10-21(13-3-4-13)17(22)11-20-8-2-7-19-18(20)23/h2,5-8,12-13,15H,3-4,9-11H2,1H3/t12-,15-/m0/s1. The minimum absolute atomic E-state index is 0.0242. The van der Waals surface area contributed by atoms with Gasteiger partial charge in [0, 0.05) is 24.4 Å². The molecule has 2 saturated carbocycles. The molecule has 2 aliphatic rings. The summed E-state index contributed by atoms with van der Waals surface area (Å²) in [5.41, 5.74) is -0.399. The van der Waals surface area contributed by atoms with Crippen LogP contribution in [0.4, 0.5) is 0 Å². The van der Waals surface area contributed by atoms with Crippen LogP contribution in [0, 0.1) is 5.92 Å². The molecule has 2 aromatic rings. The van der Waals surface area contributed by atoms with E-state index in [2.05, 4.69) is 11.9 Å². The summed E-state index contributed by atoms with van der Waals surface area (Å²) in [5.74, 6) is 3.03. The molecular formula is C18H21N3O3. The molecule has 0 aromatic carbocycles. The van der Waals surface area contributed by atoms with Crippen molar-refractivity contribution >= 4 is 5.91 Å². The minimum atomic E-state index is -0.399. The van der Waals surface area contributed by atoms with Gasteiger partial charge >= 0.3 is 5.69 Å². The van der Waals surface area contributed by atoms with Crippen LogP contribution < -0.4 is 5.69 Å². The van der Waals surface area contributed by atoms with E-state index in [1.54, 1.807) is 12.3 Å². The SMILES string of the molecule is C[C@H]1C[C@@H]1c1ccc(CN(C(=O)Cn2cccnc2=O)C2CC2)o1. The quantitative estimate of drug-likeness (QED) is 0.815. The van der Waals surface area contributed by atoms with Crippen LogP contribution in [-0.4, -0.2) is 26.4 Å². The van der Waals surface area contributed by atoms with Gasteiger partial charge < -0.3 is 9.32 Å². The van der Waals surface area contributed by atoms with Gasteiger partial charge in [0.2, 0.25) is 5.91 Å². The van der Waals surface area contributed by atoms with Crippen LogP contribution in [0.15, 0.2) is 39.8 Å². The largest absolute Gasteiger partial charge is 0.464 e. The fourth-order valence-corrected chi connectivity index (χ4v) is 3.12. The van der Waals surface area contributed by atoms with E-state index in [0.717, 1.165) is 24.4 Å². The zero-order valence-corrected chi connectivity index (χ0v) is 13.7. The second-order valence-electron chi connectivity index (χ2n) is 6.91. The number of hydrogen-bond acceptors (Lipinski definition) is 4. The lowest BCUT2D eigenvalue weighted by Gasteiger charge is -2.21. The summed E-state index contributed by atoms with van der Waals surface area (Å²) in [7, 11) is 0. The Hall–Kier alpha value is -2.37. The number of carbonyl (C=O) groups excluding carboxylic acids is 1. The number of aromatic nitrogens is 2. The highest BCUT2D eigenvalue weighted by atomic mass is 16.3. The molecule has 6 heteroatoms. The average molecular weight is 327 g/mol. The van der Waals surface area contributed by atoms with Crippen molar-refractivity contribution in [2.24, 2.45) is 5.92 Å². The smallest absolute Gasteiger partial charge is 0.347 e. The molecule has 24 heavy (non-hydrogen) atoms. The summed E-state index contributed by atoms with van der Waals surface area (Å²) in [6.45, 7) is 2.72. The molecule has 0 radical (unpaired) electrons. The van der Waals surface area contributed by atoms with E-state index in [1.807, 2.05) is 17.0 Å². The molecule has 0 unspecified atom stereocenters. The lowest BCUT2D eigenvalue weighted by atomic mass is 10.3. The zero-order valence-electron chi connectivity index (χ0n) is 13.7. The molecule has 0 spiro atoms. The second-order valence-corrected chi connectivity index (χ2v) is 6.91. The Labute approximate surface area is 140 Å². The number of nitrogens with zero attached hydrogens (tertiary/aromatic N) is 3. The van der Waals surface area contributed by atoms with E-state index in [4.69, 9.17) is 4.42 Å². The minimum Gasteiger partial charge on any atom is -0.464 e. The van der Waals surface area contributed by atoms with Gasteiger partial charge in [-0.2, -0.15) is 0 Å². The maximum Gasteiger partial charge on any atom is 0.347 e. The molecular weight excluding hydrogens is 306 g/mol. The first-order valence-electron chi connectivity index (χ1n) is 8.51. The van der Waals surface area contributed by atoms with Gasteiger partial charge in [-0.1, -0.05) is 6.92 Å². The summed E-state index contributed by atoms with van der Waals surface area (Å²) < 4.78 is 7.28. The molecule has 6 nitrogen and oxygen atoms in total. The zero-order chi connectivity index (χ0) is 16.7. The summed E-state index contributed by atoms with van der Waals surface area (Å²) in [4.78, 5) is 29.9. The van der Waals surface area contributed by atoms with E-state index in [1.165, 1.54) is 17.2 Å². The first kappa shape index (κ1) is 15.2.